The molecule has 0 aliphatic carbocycles. The minimum Gasteiger partial charge on any atom is -0.497 e. The molecule has 0 bridgehead atoms. The summed E-state index contributed by atoms with van der Waals surface area (Å²) in [4.78, 5) is 12.0. The van der Waals surface area contributed by atoms with Crippen LogP contribution in [-0.2, 0) is 16.1 Å². The lowest BCUT2D eigenvalue weighted by Gasteiger charge is -2.28. The fourth-order valence-corrected chi connectivity index (χ4v) is 2.33. The van der Waals surface area contributed by atoms with Gasteiger partial charge in [-0.05, 0) is 43.0 Å². The largest absolute Gasteiger partial charge is 0.497 e. The highest BCUT2D eigenvalue weighted by molar-refractivity contribution is 5.76. The third-order valence-corrected chi connectivity index (χ3v) is 3.56. The summed E-state index contributed by atoms with van der Waals surface area (Å²) in [5.41, 5.74) is 0.970. The minimum atomic E-state index is -0.160. The monoisotopic (exact) mass is 263 g/mol. The van der Waals surface area contributed by atoms with Gasteiger partial charge in [-0.3, -0.25) is 4.79 Å². The van der Waals surface area contributed by atoms with Gasteiger partial charge in [0.15, 0.2) is 0 Å². The second kappa shape index (κ2) is 6.57. The van der Waals surface area contributed by atoms with Gasteiger partial charge in [0, 0.05) is 0 Å². The van der Waals surface area contributed by atoms with Crippen molar-refractivity contribution >= 4 is 5.97 Å². The zero-order chi connectivity index (χ0) is 13.7. The molecule has 0 aromatic heterocycles. The van der Waals surface area contributed by atoms with E-state index in [9.17, 15) is 4.79 Å². The number of ether oxygens (including phenoxy) is 2. The quantitative estimate of drug-likeness (QED) is 0.845. The summed E-state index contributed by atoms with van der Waals surface area (Å²) in [6.45, 7) is 3.30. The van der Waals surface area contributed by atoms with Crippen LogP contribution in [0.4, 0.5) is 0 Å². The molecule has 0 saturated carbocycles. The molecule has 1 saturated heterocycles. The summed E-state index contributed by atoms with van der Waals surface area (Å²) < 4.78 is 10.5. The molecule has 1 aromatic carbocycles. The number of carbonyl (C=O) groups excluding carboxylic acids is 1. The van der Waals surface area contributed by atoms with Gasteiger partial charge >= 0.3 is 5.97 Å². The van der Waals surface area contributed by atoms with E-state index in [1.807, 2.05) is 24.3 Å². The Bertz CT molecular complexity index is 416. The molecular weight excluding hydrogens is 242 g/mol. The average molecular weight is 263 g/mol. The van der Waals surface area contributed by atoms with Crippen LogP contribution in [0, 0.1) is 5.92 Å². The number of carbonyl (C=O) groups is 1. The highest BCUT2D eigenvalue weighted by Crippen LogP contribution is 2.17. The van der Waals surface area contributed by atoms with Crippen molar-refractivity contribution in [3.8, 4) is 5.75 Å². The van der Waals surface area contributed by atoms with Gasteiger partial charge in [-0.2, -0.15) is 0 Å². The molecule has 1 aromatic rings. The Morgan fingerprint density at radius 2 is 2.11 bits per heavy atom. The summed E-state index contributed by atoms with van der Waals surface area (Å²) in [5.74, 6) is 0.998. The van der Waals surface area contributed by atoms with Gasteiger partial charge in [0.05, 0.1) is 7.11 Å². The number of hydrogen-bond acceptors (Lipinski definition) is 4. The van der Waals surface area contributed by atoms with Gasteiger partial charge in [0.2, 0.25) is 0 Å². The maximum Gasteiger partial charge on any atom is 0.323 e. The molecule has 2 rings (SSSR count). The van der Waals surface area contributed by atoms with Crippen molar-refractivity contribution in [2.75, 3.05) is 13.7 Å². The van der Waals surface area contributed by atoms with Gasteiger partial charge < -0.3 is 14.8 Å². The van der Waals surface area contributed by atoms with Crippen molar-refractivity contribution in [1.82, 2.24) is 5.32 Å². The Morgan fingerprint density at radius 3 is 2.74 bits per heavy atom. The maximum absolute atomic E-state index is 12.0. The molecule has 4 nitrogen and oxygen atoms in total. The molecule has 1 N–H and O–H groups in total. The van der Waals surface area contributed by atoms with E-state index in [4.69, 9.17) is 9.47 Å². The van der Waals surface area contributed by atoms with E-state index >= 15 is 0 Å². The number of rotatable bonds is 4. The molecule has 2 atom stereocenters. The maximum atomic E-state index is 12.0. The topological polar surface area (TPSA) is 47.6 Å². The molecule has 0 amide bonds. The van der Waals surface area contributed by atoms with Crippen LogP contribution >= 0.6 is 0 Å². The first kappa shape index (κ1) is 13.9. The van der Waals surface area contributed by atoms with Crippen LogP contribution in [0.2, 0.25) is 0 Å². The van der Waals surface area contributed by atoms with Gasteiger partial charge in [-0.15, -0.1) is 0 Å². The zero-order valence-corrected chi connectivity index (χ0v) is 11.5. The molecule has 0 spiro atoms. The summed E-state index contributed by atoms with van der Waals surface area (Å²) in [6, 6.07) is 7.38. The number of hydrogen-bond donors (Lipinski definition) is 1. The third kappa shape index (κ3) is 3.70. The smallest absolute Gasteiger partial charge is 0.323 e. The second-order valence-electron chi connectivity index (χ2n) is 5.01. The van der Waals surface area contributed by atoms with Crippen LogP contribution < -0.4 is 10.1 Å². The van der Waals surface area contributed by atoms with Crippen molar-refractivity contribution in [2.45, 2.75) is 32.4 Å². The standard InChI is InChI=1S/C15H21NO3/c1-11-4-3-9-16-14(11)15(17)19-10-12-5-7-13(18-2)8-6-12/h5-8,11,14,16H,3-4,9-10H2,1-2H3. The van der Waals surface area contributed by atoms with Crippen molar-refractivity contribution in [1.29, 1.82) is 0 Å². The zero-order valence-electron chi connectivity index (χ0n) is 11.5. The highest BCUT2D eigenvalue weighted by atomic mass is 16.5. The molecule has 1 aliphatic heterocycles. The molecule has 104 valence electrons. The summed E-state index contributed by atoms with van der Waals surface area (Å²) in [6.07, 6.45) is 2.21. The van der Waals surface area contributed by atoms with Crippen molar-refractivity contribution in [2.24, 2.45) is 5.92 Å². The molecule has 1 aliphatic rings. The molecule has 1 heterocycles. The average Bonchev–Trinajstić information content (AvgIpc) is 2.46. The van der Waals surface area contributed by atoms with Crippen LogP contribution in [0.1, 0.15) is 25.3 Å². The lowest BCUT2D eigenvalue weighted by Crippen LogP contribution is -2.46. The molecule has 2 unspecified atom stereocenters. The molecule has 19 heavy (non-hydrogen) atoms. The van der Waals surface area contributed by atoms with Gasteiger partial charge in [-0.1, -0.05) is 19.1 Å². The van der Waals surface area contributed by atoms with Crippen LogP contribution in [0.3, 0.4) is 0 Å². The second-order valence-corrected chi connectivity index (χ2v) is 5.01. The lowest BCUT2D eigenvalue weighted by molar-refractivity contribution is -0.149. The van der Waals surface area contributed by atoms with E-state index < -0.39 is 0 Å². The van der Waals surface area contributed by atoms with Crippen LogP contribution in [-0.4, -0.2) is 25.7 Å². The minimum absolute atomic E-state index is 0.150. The third-order valence-electron chi connectivity index (χ3n) is 3.56. The van der Waals surface area contributed by atoms with E-state index in [-0.39, 0.29) is 12.0 Å². The molecule has 0 radical (unpaired) electrons. The van der Waals surface area contributed by atoms with Crippen molar-refractivity contribution < 1.29 is 14.3 Å². The summed E-state index contributed by atoms with van der Waals surface area (Å²) >= 11 is 0. The number of nitrogens with one attached hydrogen (secondary N) is 1. The van der Waals surface area contributed by atoms with E-state index in [0.717, 1.165) is 30.7 Å². The summed E-state index contributed by atoms with van der Waals surface area (Å²) in [7, 11) is 1.63. The van der Waals surface area contributed by atoms with Crippen molar-refractivity contribution in [3.63, 3.8) is 0 Å². The van der Waals surface area contributed by atoms with Gasteiger partial charge in [0.1, 0.15) is 18.4 Å². The SMILES string of the molecule is COc1ccc(COC(=O)C2NCCCC2C)cc1. The Labute approximate surface area is 114 Å². The first-order valence-electron chi connectivity index (χ1n) is 6.73. The van der Waals surface area contributed by atoms with Crippen LogP contribution in [0.5, 0.6) is 5.75 Å². The lowest BCUT2D eigenvalue weighted by atomic mass is 9.93. The highest BCUT2D eigenvalue weighted by Gasteiger charge is 2.28. The fourth-order valence-electron chi connectivity index (χ4n) is 2.33. The molecular formula is C15H21NO3. The van der Waals surface area contributed by atoms with Crippen LogP contribution in [0.25, 0.3) is 0 Å². The number of piperidine rings is 1. The number of esters is 1. The Hall–Kier alpha value is -1.55. The molecule has 4 heteroatoms. The predicted octanol–water partition coefficient (Wildman–Crippen LogP) is 2.13. The van der Waals surface area contributed by atoms with Gasteiger partial charge in [-0.25, -0.2) is 0 Å². The Balaban J connectivity index is 1.85. The molecule has 1 fully saturated rings. The number of methoxy groups -OCH3 is 1. The number of benzene rings is 1. The fraction of sp³-hybridized carbons (Fsp3) is 0.533. The first-order chi connectivity index (χ1) is 9.20. The van der Waals surface area contributed by atoms with E-state index in [2.05, 4.69) is 12.2 Å². The Morgan fingerprint density at radius 1 is 1.37 bits per heavy atom. The predicted molar refractivity (Wildman–Crippen MR) is 73.0 cm³/mol. The summed E-state index contributed by atoms with van der Waals surface area (Å²) in [5, 5.41) is 3.23. The van der Waals surface area contributed by atoms with E-state index in [1.54, 1.807) is 7.11 Å². The van der Waals surface area contributed by atoms with Gasteiger partial charge in [0.25, 0.3) is 0 Å². The first-order valence-corrected chi connectivity index (χ1v) is 6.73. The van der Waals surface area contributed by atoms with E-state index in [1.165, 1.54) is 0 Å². The van der Waals surface area contributed by atoms with Crippen molar-refractivity contribution in [3.05, 3.63) is 29.8 Å². The normalized spacial score (nSPS) is 22.8. The Kier molecular flexibility index (Phi) is 4.80. The van der Waals surface area contributed by atoms with Crippen LogP contribution in [0.15, 0.2) is 24.3 Å². The van der Waals surface area contributed by atoms with E-state index in [0.29, 0.717) is 12.5 Å².